The Hall–Kier alpha value is -2.57. The molecule has 1 N–H and O–H groups in total. The van der Waals surface area contributed by atoms with Crippen molar-refractivity contribution >= 4 is 17.7 Å². The van der Waals surface area contributed by atoms with Gasteiger partial charge >= 0.3 is 0 Å². The van der Waals surface area contributed by atoms with E-state index in [1.807, 2.05) is 0 Å². The summed E-state index contributed by atoms with van der Waals surface area (Å²) in [6.45, 7) is 0.429. The van der Waals surface area contributed by atoms with Gasteiger partial charge in [0, 0.05) is 25.1 Å². The van der Waals surface area contributed by atoms with Gasteiger partial charge in [0.1, 0.15) is 11.5 Å². The molecule has 1 heterocycles. The third-order valence-electron chi connectivity index (χ3n) is 5.46. The number of ether oxygens (including phenoxy) is 2. The molecule has 0 aromatic heterocycles. The number of methoxy groups -OCH3 is 2. The average Bonchev–Trinajstić information content (AvgIpc) is 2.95. The van der Waals surface area contributed by atoms with Crippen LogP contribution in [0.5, 0.6) is 11.5 Å². The topological polar surface area (TPSA) is 84.9 Å². The molecule has 27 heavy (non-hydrogen) atoms. The second kappa shape index (κ2) is 8.41. The third-order valence-corrected chi connectivity index (χ3v) is 5.46. The highest BCUT2D eigenvalue weighted by Crippen LogP contribution is 2.37. The molecule has 1 aliphatic heterocycles. The Kier molecular flexibility index (Phi) is 5.98. The van der Waals surface area contributed by atoms with E-state index in [9.17, 15) is 14.4 Å². The Morgan fingerprint density at radius 2 is 1.78 bits per heavy atom. The third kappa shape index (κ3) is 4.07. The lowest BCUT2D eigenvalue weighted by atomic mass is 9.81. The Labute approximate surface area is 159 Å². The zero-order valence-corrected chi connectivity index (χ0v) is 15.8. The summed E-state index contributed by atoms with van der Waals surface area (Å²) in [5.41, 5.74) is 0.796. The summed E-state index contributed by atoms with van der Waals surface area (Å²) >= 11 is 0. The lowest BCUT2D eigenvalue weighted by Crippen LogP contribution is -2.35. The van der Waals surface area contributed by atoms with Crippen molar-refractivity contribution in [1.82, 2.24) is 10.2 Å². The summed E-state index contributed by atoms with van der Waals surface area (Å²) in [4.78, 5) is 38.4. The van der Waals surface area contributed by atoms with Crippen LogP contribution in [0.3, 0.4) is 0 Å². The van der Waals surface area contributed by atoms with Crippen molar-refractivity contribution in [2.24, 2.45) is 11.8 Å². The molecule has 146 valence electrons. The molecule has 3 amide bonds. The molecule has 3 rings (SSSR count). The van der Waals surface area contributed by atoms with Crippen LogP contribution in [0.25, 0.3) is 0 Å². The summed E-state index contributed by atoms with van der Waals surface area (Å²) in [6.07, 6.45) is 3.66. The van der Waals surface area contributed by atoms with Gasteiger partial charge < -0.3 is 14.8 Å². The molecule has 2 atom stereocenters. The van der Waals surface area contributed by atoms with Gasteiger partial charge in [0.2, 0.25) is 17.7 Å². The zero-order valence-electron chi connectivity index (χ0n) is 15.8. The van der Waals surface area contributed by atoms with Crippen LogP contribution >= 0.6 is 0 Å². The van der Waals surface area contributed by atoms with E-state index in [-0.39, 0.29) is 49.1 Å². The Morgan fingerprint density at radius 3 is 2.37 bits per heavy atom. The van der Waals surface area contributed by atoms with Gasteiger partial charge in [0.25, 0.3) is 0 Å². The second-order valence-electron chi connectivity index (χ2n) is 7.03. The summed E-state index contributed by atoms with van der Waals surface area (Å²) in [6, 6.07) is 5.37. The summed E-state index contributed by atoms with van der Waals surface area (Å²) in [7, 11) is 3.14. The molecular weight excluding hydrogens is 348 g/mol. The van der Waals surface area contributed by atoms with E-state index in [1.54, 1.807) is 32.4 Å². The predicted molar refractivity (Wildman–Crippen MR) is 98.2 cm³/mol. The van der Waals surface area contributed by atoms with Crippen molar-refractivity contribution in [3.8, 4) is 11.5 Å². The van der Waals surface area contributed by atoms with Crippen LogP contribution in [0.4, 0.5) is 0 Å². The number of imide groups is 1. The maximum absolute atomic E-state index is 12.4. The van der Waals surface area contributed by atoms with Crippen molar-refractivity contribution in [2.75, 3.05) is 20.8 Å². The van der Waals surface area contributed by atoms with Crippen molar-refractivity contribution in [3.05, 3.63) is 23.8 Å². The number of hydrogen-bond donors (Lipinski definition) is 1. The number of carbonyl (C=O) groups excluding carboxylic acids is 3. The van der Waals surface area contributed by atoms with Gasteiger partial charge in [-0.3, -0.25) is 19.3 Å². The van der Waals surface area contributed by atoms with Gasteiger partial charge in [-0.05, 0) is 31.0 Å². The van der Waals surface area contributed by atoms with E-state index in [0.29, 0.717) is 11.5 Å². The monoisotopic (exact) mass is 374 g/mol. The Balaban J connectivity index is 1.53. The van der Waals surface area contributed by atoms with Crippen molar-refractivity contribution in [1.29, 1.82) is 0 Å². The van der Waals surface area contributed by atoms with Crippen LogP contribution < -0.4 is 14.8 Å². The van der Waals surface area contributed by atoms with Crippen LogP contribution in [-0.4, -0.2) is 43.4 Å². The quantitative estimate of drug-likeness (QED) is 0.737. The average molecular weight is 374 g/mol. The van der Waals surface area contributed by atoms with Crippen molar-refractivity contribution in [2.45, 2.75) is 38.6 Å². The normalized spacial score (nSPS) is 21.8. The maximum Gasteiger partial charge on any atom is 0.233 e. The Morgan fingerprint density at radius 1 is 1.11 bits per heavy atom. The second-order valence-corrected chi connectivity index (χ2v) is 7.03. The summed E-state index contributed by atoms with van der Waals surface area (Å²) in [5.74, 6) is 0.570. The number of likely N-dealkylation sites (tertiary alicyclic amines) is 1. The van der Waals surface area contributed by atoms with E-state index >= 15 is 0 Å². The van der Waals surface area contributed by atoms with Crippen molar-refractivity contribution < 1.29 is 23.9 Å². The number of fused-ring (bicyclic) bond motifs is 1. The molecule has 0 radical (unpaired) electrons. The van der Waals surface area contributed by atoms with Crippen LogP contribution in [-0.2, 0) is 20.9 Å². The molecule has 1 aromatic rings. The molecule has 2 fully saturated rings. The number of amides is 3. The number of nitrogens with zero attached hydrogens (tertiary/aromatic N) is 1. The molecule has 0 bridgehead atoms. The SMILES string of the molecule is COc1ccc(OC)c(CNC(=O)CCN2C(=O)C3CCCCC3C2=O)c1. The van der Waals surface area contributed by atoms with Gasteiger partial charge in [-0.15, -0.1) is 0 Å². The maximum atomic E-state index is 12.4. The molecule has 1 saturated carbocycles. The highest BCUT2D eigenvalue weighted by atomic mass is 16.5. The van der Waals surface area contributed by atoms with E-state index in [4.69, 9.17) is 9.47 Å². The molecule has 1 aliphatic carbocycles. The number of carbonyl (C=O) groups is 3. The van der Waals surface area contributed by atoms with Gasteiger partial charge in [-0.1, -0.05) is 12.8 Å². The first kappa shape index (κ1) is 19.2. The van der Waals surface area contributed by atoms with E-state index in [0.717, 1.165) is 31.2 Å². The van der Waals surface area contributed by atoms with Gasteiger partial charge in [-0.25, -0.2) is 0 Å². The van der Waals surface area contributed by atoms with Crippen molar-refractivity contribution in [3.63, 3.8) is 0 Å². The minimum Gasteiger partial charge on any atom is -0.497 e. The standard InChI is InChI=1S/C20H26N2O5/c1-26-14-7-8-17(27-2)13(11-14)12-21-18(23)9-10-22-19(24)15-5-3-4-6-16(15)20(22)25/h7-8,11,15-16H,3-6,9-10,12H2,1-2H3,(H,21,23). The number of benzene rings is 1. The van der Waals surface area contributed by atoms with Gasteiger partial charge in [0.05, 0.1) is 26.1 Å². The smallest absolute Gasteiger partial charge is 0.233 e. The number of nitrogens with one attached hydrogen (secondary N) is 1. The van der Waals surface area contributed by atoms with Crippen LogP contribution in [0.1, 0.15) is 37.7 Å². The molecular formula is C20H26N2O5. The summed E-state index contributed by atoms with van der Waals surface area (Å²) < 4.78 is 10.5. The lowest BCUT2D eigenvalue weighted by molar-refractivity contribution is -0.140. The first-order valence-electron chi connectivity index (χ1n) is 9.38. The van der Waals surface area contributed by atoms with Gasteiger partial charge in [-0.2, -0.15) is 0 Å². The predicted octanol–water partition coefficient (Wildman–Crippen LogP) is 1.89. The first-order chi connectivity index (χ1) is 13.0. The largest absolute Gasteiger partial charge is 0.497 e. The molecule has 1 aromatic carbocycles. The molecule has 7 heteroatoms. The fourth-order valence-electron chi connectivity index (χ4n) is 3.97. The molecule has 1 saturated heterocycles. The number of rotatable bonds is 7. The molecule has 7 nitrogen and oxygen atoms in total. The minimum atomic E-state index is -0.213. The van der Waals surface area contributed by atoms with Crippen LogP contribution in [0, 0.1) is 11.8 Å². The van der Waals surface area contributed by atoms with Gasteiger partial charge in [0.15, 0.2) is 0 Å². The fraction of sp³-hybridized carbons (Fsp3) is 0.550. The van der Waals surface area contributed by atoms with Crippen LogP contribution in [0.2, 0.25) is 0 Å². The Bertz CT molecular complexity index is 709. The molecule has 0 spiro atoms. The highest BCUT2D eigenvalue weighted by Gasteiger charge is 2.47. The van der Waals surface area contributed by atoms with E-state index < -0.39 is 0 Å². The van der Waals surface area contributed by atoms with E-state index in [1.165, 1.54) is 4.90 Å². The highest BCUT2D eigenvalue weighted by molar-refractivity contribution is 6.05. The van der Waals surface area contributed by atoms with Crippen LogP contribution in [0.15, 0.2) is 18.2 Å². The first-order valence-corrected chi connectivity index (χ1v) is 9.38. The zero-order chi connectivity index (χ0) is 19.4. The fourth-order valence-corrected chi connectivity index (χ4v) is 3.97. The minimum absolute atomic E-state index is 0.100. The van der Waals surface area contributed by atoms with E-state index in [2.05, 4.69) is 5.32 Å². The summed E-state index contributed by atoms with van der Waals surface area (Å²) in [5, 5.41) is 2.82. The molecule has 2 unspecified atom stereocenters. The lowest BCUT2D eigenvalue weighted by Gasteiger charge is -2.19. The number of hydrogen-bond acceptors (Lipinski definition) is 5. The molecule has 2 aliphatic rings.